The first-order valence-electron chi connectivity index (χ1n) is 11.4. The Morgan fingerprint density at radius 2 is 1.59 bits per heavy atom. The number of benzene rings is 3. The van der Waals surface area contributed by atoms with E-state index >= 15 is 0 Å². The van der Waals surface area contributed by atoms with E-state index in [1.807, 2.05) is 84.9 Å². The van der Waals surface area contributed by atoms with Crippen LogP contribution in [0.3, 0.4) is 0 Å². The van der Waals surface area contributed by atoms with Gasteiger partial charge in [-0.2, -0.15) is 0 Å². The second-order valence-electron chi connectivity index (χ2n) is 8.42. The molecule has 6 nitrogen and oxygen atoms in total. The molecule has 3 aromatic carbocycles. The largest absolute Gasteiger partial charge is 0.326 e. The third-order valence-corrected chi connectivity index (χ3v) is 7.39. The van der Waals surface area contributed by atoms with Gasteiger partial charge in [-0.25, -0.2) is 4.79 Å². The Kier molecular flexibility index (Phi) is 6.36. The minimum absolute atomic E-state index is 0.178. The minimum Gasteiger partial charge on any atom is -0.326 e. The SMILES string of the molecule is O=C1N[C@H](CCc2ccccc2)C(=O)N1CC(=O)N1c2ccccc2SC[C@@H]1c1ccccc1. The molecule has 4 amide bonds. The zero-order chi connectivity index (χ0) is 23.5. The molecule has 1 N–H and O–H groups in total. The van der Waals surface area contributed by atoms with E-state index in [-0.39, 0.29) is 24.4 Å². The molecule has 1 saturated heterocycles. The van der Waals surface area contributed by atoms with Crippen molar-refractivity contribution in [1.29, 1.82) is 0 Å². The number of rotatable bonds is 6. The fourth-order valence-electron chi connectivity index (χ4n) is 4.51. The lowest BCUT2D eigenvalue weighted by Crippen LogP contribution is -2.46. The Balaban J connectivity index is 1.34. The molecule has 3 aromatic rings. The van der Waals surface area contributed by atoms with Crippen LogP contribution in [0, 0.1) is 0 Å². The van der Waals surface area contributed by atoms with Crippen LogP contribution in [-0.4, -0.2) is 41.1 Å². The lowest BCUT2D eigenvalue weighted by molar-refractivity contribution is -0.131. The van der Waals surface area contributed by atoms with Gasteiger partial charge in [-0.3, -0.25) is 14.5 Å². The predicted molar refractivity (Wildman–Crippen MR) is 133 cm³/mol. The standard InChI is InChI=1S/C27H25N3O3S/c31-25(17-29-26(32)21(28-27(29)33)16-15-19-9-3-1-4-10-19)30-22-13-7-8-14-24(22)34-18-23(30)20-11-5-2-6-12-20/h1-14,21,23H,15-18H2,(H,28,33)/t21-,23-/m1/s1. The highest BCUT2D eigenvalue weighted by atomic mass is 32.2. The molecule has 0 aliphatic carbocycles. The molecule has 7 heteroatoms. The van der Waals surface area contributed by atoms with Crippen LogP contribution in [-0.2, 0) is 16.0 Å². The Labute approximate surface area is 202 Å². The topological polar surface area (TPSA) is 69.7 Å². The van der Waals surface area contributed by atoms with Gasteiger partial charge in [0.25, 0.3) is 5.91 Å². The number of nitrogens with one attached hydrogen (secondary N) is 1. The van der Waals surface area contributed by atoms with Gasteiger partial charge in [0.1, 0.15) is 12.6 Å². The highest BCUT2D eigenvalue weighted by Gasteiger charge is 2.41. The van der Waals surface area contributed by atoms with Gasteiger partial charge in [0.15, 0.2) is 0 Å². The van der Waals surface area contributed by atoms with E-state index in [1.165, 1.54) is 0 Å². The Morgan fingerprint density at radius 3 is 2.35 bits per heavy atom. The van der Waals surface area contributed by atoms with Crippen molar-refractivity contribution >= 4 is 35.3 Å². The number of hydrogen-bond donors (Lipinski definition) is 1. The van der Waals surface area contributed by atoms with Gasteiger partial charge in [0, 0.05) is 10.6 Å². The van der Waals surface area contributed by atoms with Gasteiger partial charge in [0.2, 0.25) is 5.91 Å². The van der Waals surface area contributed by atoms with Crippen molar-refractivity contribution in [2.45, 2.75) is 29.8 Å². The van der Waals surface area contributed by atoms with Crippen LogP contribution in [0.2, 0.25) is 0 Å². The van der Waals surface area contributed by atoms with E-state index in [1.54, 1.807) is 16.7 Å². The van der Waals surface area contributed by atoms with Crippen molar-refractivity contribution < 1.29 is 14.4 Å². The third-order valence-electron chi connectivity index (χ3n) is 6.25. The van der Waals surface area contributed by atoms with Crippen LogP contribution in [0.4, 0.5) is 10.5 Å². The Bertz CT molecular complexity index is 1200. The monoisotopic (exact) mass is 471 g/mol. The molecule has 0 aromatic heterocycles. The molecule has 2 heterocycles. The maximum atomic E-state index is 13.6. The van der Waals surface area contributed by atoms with Crippen LogP contribution in [0.5, 0.6) is 0 Å². The van der Waals surface area contributed by atoms with E-state index < -0.39 is 12.1 Å². The number of urea groups is 1. The molecule has 1 fully saturated rings. The average molecular weight is 472 g/mol. The second kappa shape index (κ2) is 9.73. The lowest BCUT2D eigenvalue weighted by Gasteiger charge is -2.37. The van der Waals surface area contributed by atoms with Crippen LogP contribution in [0.1, 0.15) is 23.6 Å². The first-order valence-corrected chi connectivity index (χ1v) is 12.3. The van der Waals surface area contributed by atoms with E-state index in [0.29, 0.717) is 18.6 Å². The van der Waals surface area contributed by atoms with E-state index in [2.05, 4.69) is 5.32 Å². The van der Waals surface area contributed by atoms with Crippen LogP contribution < -0.4 is 10.2 Å². The van der Waals surface area contributed by atoms with Crippen molar-refractivity contribution in [3.05, 3.63) is 96.1 Å². The number of para-hydroxylation sites is 1. The summed E-state index contributed by atoms with van der Waals surface area (Å²) in [5.74, 6) is 0.0890. The smallest absolute Gasteiger partial charge is 0.325 e. The summed E-state index contributed by atoms with van der Waals surface area (Å²) in [6.45, 7) is -0.283. The number of hydrogen-bond acceptors (Lipinski definition) is 4. The molecule has 5 rings (SSSR count). The van der Waals surface area contributed by atoms with Crippen molar-refractivity contribution in [2.24, 2.45) is 0 Å². The molecule has 0 spiro atoms. The van der Waals surface area contributed by atoms with Gasteiger partial charge in [0.05, 0.1) is 11.7 Å². The van der Waals surface area contributed by atoms with Crippen molar-refractivity contribution in [2.75, 3.05) is 17.2 Å². The summed E-state index contributed by atoms with van der Waals surface area (Å²) in [5, 5.41) is 2.76. The zero-order valence-electron chi connectivity index (χ0n) is 18.6. The molecular weight excluding hydrogens is 446 g/mol. The van der Waals surface area contributed by atoms with Crippen LogP contribution in [0.25, 0.3) is 0 Å². The minimum atomic E-state index is -0.616. The number of carbonyl (C=O) groups is 3. The maximum Gasteiger partial charge on any atom is 0.325 e. The lowest BCUT2D eigenvalue weighted by atomic mass is 10.0. The second-order valence-corrected chi connectivity index (χ2v) is 9.48. The molecule has 0 bridgehead atoms. The summed E-state index contributed by atoms with van der Waals surface area (Å²) in [6, 6.07) is 26.2. The molecule has 172 valence electrons. The first-order chi connectivity index (χ1) is 16.6. The molecule has 0 radical (unpaired) electrons. The normalized spacial score (nSPS) is 19.6. The van der Waals surface area contributed by atoms with Crippen molar-refractivity contribution in [3.8, 4) is 0 Å². The molecule has 2 aliphatic rings. The summed E-state index contributed by atoms with van der Waals surface area (Å²) >= 11 is 1.71. The Hall–Kier alpha value is -3.58. The fourth-order valence-corrected chi connectivity index (χ4v) is 5.68. The predicted octanol–water partition coefficient (Wildman–Crippen LogP) is 4.42. The maximum absolute atomic E-state index is 13.6. The Morgan fingerprint density at radius 1 is 0.912 bits per heavy atom. The number of fused-ring (bicyclic) bond motifs is 1. The first kappa shape index (κ1) is 22.2. The quantitative estimate of drug-likeness (QED) is 0.541. The van der Waals surface area contributed by atoms with E-state index in [9.17, 15) is 14.4 Å². The number of nitrogens with zero attached hydrogens (tertiary/aromatic N) is 2. The molecular formula is C27H25N3O3S. The molecule has 2 atom stereocenters. The van der Waals surface area contributed by atoms with Gasteiger partial charge in [-0.1, -0.05) is 72.8 Å². The van der Waals surface area contributed by atoms with Gasteiger partial charge in [-0.15, -0.1) is 11.8 Å². The van der Waals surface area contributed by atoms with Gasteiger partial charge in [-0.05, 0) is 36.1 Å². The number of amides is 4. The average Bonchev–Trinajstić information content (AvgIpc) is 3.15. The van der Waals surface area contributed by atoms with Crippen molar-refractivity contribution in [1.82, 2.24) is 10.2 Å². The summed E-state index contributed by atoms with van der Waals surface area (Å²) in [6.07, 6.45) is 1.17. The molecule has 0 saturated carbocycles. The number of anilines is 1. The summed E-state index contributed by atoms with van der Waals surface area (Å²) in [5.41, 5.74) is 2.94. The molecule has 2 aliphatic heterocycles. The van der Waals surface area contributed by atoms with E-state index in [0.717, 1.165) is 26.6 Å². The summed E-state index contributed by atoms with van der Waals surface area (Å²) < 4.78 is 0. The number of thioether (sulfide) groups is 1. The highest BCUT2D eigenvalue weighted by Crippen LogP contribution is 2.43. The summed E-state index contributed by atoms with van der Waals surface area (Å²) in [4.78, 5) is 43.1. The van der Waals surface area contributed by atoms with Gasteiger partial charge >= 0.3 is 6.03 Å². The summed E-state index contributed by atoms with van der Waals surface area (Å²) in [7, 11) is 0. The third kappa shape index (κ3) is 4.43. The molecule has 0 unspecified atom stereocenters. The van der Waals surface area contributed by atoms with E-state index in [4.69, 9.17) is 0 Å². The van der Waals surface area contributed by atoms with Crippen molar-refractivity contribution in [3.63, 3.8) is 0 Å². The number of imide groups is 1. The zero-order valence-corrected chi connectivity index (χ0v) is 19.4. The number of aryl methyl sites for hydroxylation is 1. The van der Waals surface area contributed by atoms with Crippen LogP contribution >= 0.6 is 11.8 Å². The van der Waals surface area contributed by atoms with Crippen LogP contribution in [0.15, 0.2) is 89.8 Å². The highest BCUT2D eigenvalue weighted by molar-refractivity contribution is 7.99. The van der Waals surface area contributed by atoms with Gasteiger partial charge < -0.3 is 10.2 Å². The number of carbonyl (C=O) groups excluding carboxylic acids is 3. The fraction of sp³-hybridized carbons (Fsp3) is 0.222. The molecule has 34 heavy (non-hydrogen) atoms.